The summed E-state index contributed by atoms with van der Waals surface area (Å²) in [6.07, 6.45) is -0.187. The molecule has 29 heavy (non-hydrogen) atoms. The first kappa shape index (κ1) is 20.3. The first-order valence-corrected chi connectivity index (χ1v) is 9.48. The highest BCUT2D eigenvalue weighted by Gasteiger charge is 2.29. The van der Waals surface area contributed by atoms with Crippen molar-refractivity contribution in [1.82, 2.24) is 0 Å². The van der Waals surface area contributed by atoms with Gasteiger partial charge in [-0.25, -0.2) is 0 Å². The number of amides is 2. The number of benzene rings is 2. The first-order chi connectivity index (χ1) is 13.8. The molecular weight excluding hydrogens is 398 g/mol. The molecule has 9 nitrogen and oxygen atoms in total. The van der Waals surface area contributed by atoms with Crippen molar-refractivity contribution >= 4 is 46.6 Å². The number of ether oxygens (including phenoxy) is 1. The van der Waals surface area contributed by atoms with Gasteiger partial charge in [-0.05, 0) is 24.6 Å². The van der Waals surface area contributed by atoms with Gasteiger partial charge < -0.3 is 15.4 Å². The van der Waals surface area contributed by atoms with Gasteiger partial charge in [0.25, 0.3) is 11.6 Å². The summed E-state index contributed by atoms with van der Waals surface area (Å²) in [5.74, 6) is -1.63. The number of anilines is 2. The van der Waals surface area contributed by atoms with E-state index in [0.717, 1.165) is 4.90 Å². The van der Waals surface area contributed by atoms with Gasteiger partial charge in [0.05, 0.1) is 28.0 Å². The van der Waals surface area contributed by atoms with Crippen LogP contribution in [0.3, 0.4) is 0 Å². The molecule has 0 unspecified atom stereocenters. The number of non-ortho nitro benzene ring substituents is 1. The molecular formula is C19H17N3O6S. The van der Waals surface area contributed by atoms with Crippen LogP contribution in [0.25, 0.3) is 0 Å². The molecule has 2 N–H and O–H groups in total. The molecule has 2 aromatic carbocycles. The number of thioether (sulfide) groups is 1. The second-order valence-corrected chi connectivity index (χ2v) is 7.51. The number of fused-ring (bicyclic) bond motifs is 1. The van der Waals surface area contributed by atoms with Crippen LogP contribution in [-0.4, -0.2) is 34.6 Å². The van der Waals surface area contributed by atoms with Crippen LogP contribution in [0.1, 0.15) is 12.0 Å². The summed E-state index contributed by atoms with van der Waals surface area (Å²) < 4.78 is 4.95. The number of nitro benzene ring substituents is 1. The van der Waals surface area contributed by atoms with Gasteiger partial charge in [-0.1, -0.05) is 18.2 Å². The van der Waals surface area contributed by atoms with Crippen molar-refractivity contribution in [3.63, 3.8) is 0 Å². The molecule has 2 aromatic rings. The van der Waals surface area contributed by atoms with Crippen molar-refractivity contribution in [1.29, 1.82) is 0 Å². The number of esters is 1. The fourth-order valence-corrected chi connectivity index (χ4v) is 3.72. The van der Waals surface area contributed by atoms with E-state index in [1.54, 1.807) is 19.1 Å². The molecule has 0 bridgehead atoms. The lowest BCUT2D eigenvalue weighted by Crippen LogP contribution is -2.32. The lowest BCUT2D eigenvalue weighted by Gasteiger charge is -2.23. The van der Waals surface area contributed by atoms with Crippen molar-refractivity contribution in [2.45, 2.75) is 23.5 Å². The Morgan fingerprint density at radius 2 is 2.03 bits per heavy atom. The molecule has 0 aromatic heterocycles. The molecule has 0 radical (unpaired) electrons. The maximum atomic E-state index is 12.1. The minimum Gasteiger partial charge on any atom is -0.456 e. The van der Waals surface area contributed by atoms with E-state index in [1.807, 2.05) is 12.1 Å². The summed E-state index contributed by atoms with van der Waals surface area (Å²) in [4.78, 5) is 47.3. The Kier molecular flexibility index (Phi) is 6.13. The van der Waals surface area contributed by atoms with Gasteiger partial charge in [0.1, 0.15) is 0 Å². The lowest BCUT2D eigenvalue weighted by atomic mass is 10.2. The maximum Gasteiger partial charge on any atom is 0.307 e. The van der Waals surface area contributed by atoms with Crippen molar-refractivity contribution in [2.75, 3.05) is 17.2 Å². The summed E-state index contributed by atoms with van der Waals surface area (Å²) in [6.45, 7) is 1.12. The van der Waals surface area contributed by atoms with E-state index in [-0.39, 0.29) is 23.7 Å². The largest absolute Gasteiger partial charge is 0.456 e. The Labute approximate surface area is 170 Å². The number of nitrogens with zero attached hydrogens (tertiary/aromatic N) is 1. The minimum atomic E-state index is -0.692. The SMILES string of the molecule is Cc1ccc([N+](=O)[O-])cc1NC(=O)COC(=O)C[C@@H]1Sc2ccccc2NC1=O. The molecule has 1 heterocycles. The second kappa shape index (κ2) is 8.74. The Bertz CT molecular complexity index is 994. The Balaban J connectivity index is 1.52. The standard InChI is InChI=1S/C19H17N3O6S/c1-11-6-7-12(22(26)27)8-14(11)20-17(23)10-28-18(24)9-16-19(25)21-13-4-2-3-5-15(13)29-16/h2-8,16H,9-10H2,1H3,(H,20,23)(H,21,25)/t16-/m0/s1. The van der Waals surface area contributed by atoms with Crippen LogP contribution in [0.15, 0.2) is 47.4 Å². The first-order valence-electron chi connectivity index (χ1n) is 8.60. The van der Waals surface area contributed by atoms with Crippen molar-refractivity contribution in [3.8, 4) is 0 Å². The fourth-order valence-electron chi connectivity index (χ4n) is 2.63. The number of para-hydroxylation sites is 1. The van der Waals surface area contributed by atoms with Crippen LogP contribution >= 0.6 is 11.8 Å². The normalized spacial score (nSPS) is 15.1. The van der Waals surface area contributed by atoms with Crippen LogP contribution in [0.2, 0.25) is 0 Å². The van der Waals surface area contributed by atoms with Gasteiger partial charge in [-0.15, -0.1) is 11.8 Å². The summed E-state index contributed by atoms with van der Waals surface area (Å²) in [6, 6.07) is 11.3. The average molecular weight is 415 g/mol. The molecule has 0 saturated heterocycles. The number of rotatable bonds is 6. The summed E-state index contributed by atoms with van der Waals surface area (Å²) in [7, 11) is 0. The van der Waals surface area contributed by atoms with Gasteiger partial charge in [-0.3, -0.25) is 24.5 Å². The highest BCUT2D eigenvalue weighted by Crippen LogP contribution is 2.36. The highest BCUT2D eigenvalue weighted by atomic mass is 32.2. The van der Waals surface area contributed by atoms with Crippen molar-refractivity contribution in [2.24, 2.45) is 0 Å². The fraction of sp³-hybridized carbons (Fsp3) is 0.211. The third-order valence-electron chi connectivity index (χ3n) is 4.13. The molecule has 1 aliphatic heterocycles. The van der Waals surface area contributed by atoms with E-state index >= 15 is 0 Å². The average Bonchev–Trinajstić information content (AvgIpc) is 2.68. The maximum absolute atomic E-state index is 12.1. The molecule has 2 amide bonds. The third-order valence-corrected chi connectivity index (χ3v) is 5.40. The Morgan fingerprint density at radius 3 is 2.79 bits per heavy atom. The van der Waals surface area contributed by atoms with E-state index in [9.17, 15) is 24.5 Å². The van der Waals surface area contributed by atoms with Crippen LogP contribution < -0.4 is 10.6 Å². The van der Waals surface area contributed by atoms with E-state index < -0.39 is 28.7 Å². The van der Waals surface area contributed by atoms with Crippen molar-refractivity contribution < 1.29 is 24.0 Å². The van der Waals surface area contributed by atoms with Gasteiger partial charge in [0.15, 0.2) is 6.61 Å². The predicted molar refractivity (Wildman–Crippen MR) is 107 cm³/mol. The molecule has 150 valence electrons. The molecule has 1 aliphatic rings. The monoisotopic (exact) mass is 415 g/mol. The van der Waals surface area contributed by atoms with E-state index in [4.69, 9.17) is 4.74 Å². The summed E-state index contributed by atoms with van der Waals surface area (Å²) >= 11 is 1.26. The zero-order valence-corrected chi connectivity index (χ0v) is 16.2. The second-order valence-electron chi connectivity index (χ2n) is 6.26. The number of hydrogen-bond donors (Lipinski definition) is 2. The molecule has 3 rings (SSSR count). The zero-order chi connectivity index (χ0) is 21.0. The van der Waals surface area contributed by atoms with E-state index in [0.29, 0.717) is 11.3 Å². The number of carbonyl (C=O) groups excluding carboxylic acids is 3. The predicted octanol–water partition coefficient (Wildman–Crippen LogP) is 2.89. The van der Waals surface area contributed by atoms with E-state index in [2.05, 4.69) is 10.6 Å². The lowest BCUT2D eigenvalue weighted by molar-refractivity contribution is -0.384. The van der Waals surface area contributed by atoms with Gasteiger partial charge in [0, 0.05) is 17.0 Å². The number of carbonyl (C=O) groups is 3. The Morgan fingerprint density at radius 1 is 1.28 bits per heavy atom. The Hall–Kier alpha value is -3.40. The third kappa shape index (κ3) is 5.11. The van der Waals surface area contributed by atoms with E-state index in [1.165, 1.54) is 30.0 Å². The number of nitrogens with one attached hydrogen (secondary N) is 2. The van der Waals surface area contributed by atoms with Crippen LogP contribution in [0, 0.1) is 17.0 Å². The molecule has 1 atom stereocenters. The smallest absolute Gasteiger partial charge is 0.307 e. The molecule has 0 spiro atoms. The summed E-state index contributed by atoms with van der Waals surface area (Å²) in [5.41, 5.74) is 1.42. The summed E-state index contributed by atoms with van der Waals surface area (Å²) in [5, 5.41) is 15.4. The number of hydrogen-bond acceptors (Lipinski definition) is 7. The topological polar surface area (TPSA) is 128 Å². The quantitative estimate of drug-likeness (QED) is 0.422. The van der Waals surface area contributed by atoms with Crippen LogP contribution in [0.4, 0.5) is 17.1 Å². The molecule has 0 aliphatic carbocycles. The highest BCUT2D eigenvalue weighted by molar-refractivity contribution is 8.01. The molecule has 10 heteroatoms. The van der Waals surface area contributed by atoms with Gasteiger partial charge in [-0.2, -0.15) is 0 Å². The van der Waals surface area contributed by atoms with Crippen molar-refractivity contribution in [3.05, 3.63) is 58.1 Å². The van der Waals surface area contributed by atoms with Gasteiger partial charge in [0.2, 0.25) is 5.91 Å². The molecule has 0 fully saturated rings. The van der Waals surface area contributed by atoms with Crippen LogP contribution in [-0.2, 0) is 19.1 Å². The van der Waals surface area contributed by atoms with Crippen LogP contribution in [0.5, 0.6) is 0 Å². The molecule has 0 saturated carbocycles. The zero-order valence-electron chi connectivity index (χ0n) is 15.3. The number of nitro groups is 1. The minimum absolute atomic E-state index is 0.163. The number of aryl methyl sites for hydroxylation is 1. The van der Waals surface area contributed by atoms with Gasteiger partial charge >= 0.3 is 5.97 Å².